The summed E-state index contributed by atoms with van der Waals surface area (Å²) in [6.07, 6.45) is 2.02. The van der Waals surface area contributed by atoms with E-state index in [1.54, 1.807) is 0 Å². The summed E-state index contributed by atoms with van der Waals surface area (Å²) in [6.45, 7) is 2.82. The highest BCUT2D eigenvalue weighted by molar-refractivity contribution is 7.11. The van der Waals surface area contributed by atoms with Gasteiger partial charge in [-0.15, -0.1) is 0 Å². The maximum absolute atomic E-state index is 11.5. The molecule has 19 heavy (non-hydrogen) atoms. The van der Waals surface area contributed by atoms with E-state index in [0.717, 1.165) is 35.3 Å². The summed E-state index contributed by atoms with van der Waals surface area (Å²) in [5.74, 6) is -0.559. The minimum atomic E-state index is -0.732. The highest BCUT2D eigenvalue weighted by atomic mass is 32.1. The van der Waals surface area contributed by atoms with Crippen LogP contribution in [0.1, 0.15) is 19.8 Å². The first kappa shape index (κ1) is 12.4. The molecule has 5 heteroatoms. The Hall–Kier alpha value is -1.62. The van der Waals surface area contributed by atoms with E-state index in [4.69, 9.17) is 0 Å². The van der Waals surface area contributed by atoms with Crippen molar-refractivity contribution in [3.8, 4) is 0 Å². The predicted octanol–water partition coefficient (Wildman–Crippen LogP) is 2.99. The van der Waals surface area contributed by atoms with E-state index in [1.807, 2.05) is 36.1 Å². The molecule has 100 valence electrons. The topological polar surface area (TPSA) is 53.4 Å². The fourth-order valence-corrected chi connectivity index (χ4v) is 3.80. The van der Waals surface area contributed by atoms with Gasteiger partial charge in [0.1, 0.15) is 11.0 Å². The average Bonchev–Trinajstić information content (AvgIpc) is 2.81. The average molecular weight is 276 g/mol. The number of carbonyl (C=O) groups is 1. The Labute approximate surface area is 115 Å². The normalized spacial score (nSPS) is 23.7. The molecule has 2 atom stereocenters. The zero-order valence-electron chi connectivity index (χ0n) is 10.7. The molecule has 0 radical (unpaired) electrons. The minimum Gasteiger partial charge on any atom is -0.480 e. The van der Waals surface area contributed by atoms with Crippen molar-refractivity contribution in [3.63, 3.8) is 0 Å². The third-order valence-electron chi connectivity index (χ3n) is 3.81. The van der Waals surface area contributed by atoms with Crippen LogP contribution >= 0.6 is 11.5 Å². The van der Waals surface area contributed by atoms with Crippen molar-refractivity contribution in [2.45, 2.75) is 25.8 Å². The standard InChI is InChI=1S/C14H16N2O2S/c1-9-5-4-8-16(12(9)14(17)18)13-10-6-2-3-7-11(10)15-19-13/h2-3,6-7,9,12H,4-5,8H2,1H3,(H,17,18). The van der Waals surface area contributed by atoms with Gasteiger partial charge in [0, 0.05) is 11.9 Å². The highest BCUT2D eigenvalue weighted by Crippen LogP contribution is 2.36. The van der Waals surface area contributed by atoms with E-state index in [2.05, 4.69) is 4.37 Å². The smallest absolute Gasteiger partial charge is 0.326 e. The summed E-state index contributed by atoms with van der Waals surface area (Å²) in [5, 5.41) is 11.6. The zero-order valence-corrected chi connectivity index (χ0v) is 11.6. The molecular formula is C14H16N2O2S. The number of fused-ring (bicyclic) bond motifs is 1. The lowest BCUT2D eigenvalue weighted by atomic mass is 9.91. The molecule has 2 heterocycles. The number of aliphatic carboxylic acids is 1. The number of benzene rings is 1. The maximum atomic E-state index is 11.5. The van der Waals surface area contributed by atoms with Gasteiger partial charge in [0.2, 0.25) is 0 Å². The third kappa shape index (κ3) is 2.08. The molecule has 3 rings (SSSR count). The van der Waals surface area contributed by atoms with Crippen molar-refractivity contribution in [2.24, 2.45) is 5.92 Å². The summed E-state index contributed by atoms with van der Waals surface area (Å²) in [5.41, 5.74) is 0.949. The van der Waals surface area contributed by atoms with E-state index in [1.165, 1.54) is 11.5 Å². The summed E-state index contributed by atoms with van der Waals surface area (Å²) in [4.78, 5) is 13.6. The van der Waals surface area contributed by atoms with Gasteiger partial charge in [-0.1, -0.05) is 19.1 Å². The first-order valence-corrected chi connectivity index (χ1v) is 7.29. The molecule has 1 aromatic heterocycles. The fraction of sp³-hybridized carbons (Fsp3) is 0.429. The van der Waals surface area contributed by atoms with Gasteiger partial charge >= 0.3 is 5.97 Å². The molecule has 0 aliphatic carbocycles. The number of carboxylic acid groups (broad SMARTS) is 1. The number of anilines is 1. The molecular weight excluding hydrogens is 260 g/mol. The van der Waals surface area contributed by atoms with E-state index in [9.17, 15) is 9.90 Å². The molecule has 1 saturated heterocycles. The van der Waals surface area contributed by atoms with Gasteiger partial charge in [0.15, 0.2) is 0 Å². The molecule has 0 saturated carbocycles. The van der Waals surface area contributed by atoms with Gasteiger partial charge in [-0.05, 0) is 42.4 Å². The third-order valence-corrected chi connectivity index (χ3v) is 4.73. The second kappa shape index (κ2) is 4.81. The first-order valence-electron chi connectivity index (χ1n) is 6.52. The predicted molar refractivity (Wildman–Crippen MR) is 76.8 cm³/mol. The molecule has 4 nitrogen and oxygen atoms in total. The van der Waals surface area contributed by atoms with Gasteiger partial charge in [-0.3, -0.25) is 0 Å². The summed E-state index contributed by atoms with van der Waals surface area (Å²) in [6, 6.07) is 7.49. The molecule has 1 aliphatic rings. The van der Waals surface area contributed by atoms with Crippen LogP contribution in [0.15, 0.2) is 24.3 Å². The molecule has 0 bridgehead atoms. The van der Waals surface area contributed by atoms with Crippen molar-refractivity contribution in [3.05, 3.63) is 24.3 Å². The Balaban J connectivity index is 2.06. The summed E-state index contributed by atoms with van der Waals surface area (Å²) in [7, 11) is 0. The second-order valence-corrected chi connectivity index (χ2v) is 5.85. The SMILES string of the molecule is CC1CCCN(c2snc3ccccc23)C1C(=O)O. The molecule has 1 fully saturated rings. The Morgan fingerprint density at radius 1 is 1.47 bits per heavy atom. The van der Waals surface area contributed by atoms with E-state index >= 15 is 0 Å². The van der Waals surface area contributed by atoms with Gasteiger partial charge in [0.05, 0.1) is 5.52 Å². The van der Waals surface area contributed by atoms with Gasteiger partial charge < -0.3 is 10.0 Å². The Bertz CT molecular complexity index is 610. The summed E-state index contributed by atoms with van der Waals surface area (Å²) < 4.78 is 4.42. The monoisotopic (exact) mass is 276 g/mol. The number of rotatable bonds is 2. The van der Waals surface area contributed by atoms with Gasteiger partial charge in [-0.25, -0.2) is 4.79 Å². The van der Waals surface area contributed by atoms with Crippen LogP contribution in [0.5, 0.6) is 0 Å². The zero-order chi connectivity index (χ0) is 13.4. The Morgan fingerprint density at radius 3 is 3.05 bits per heavy atom. The van der Waals surface area contributed by atoms with Gasteiger partial charge in [-0.2, -0.15) is 4.37 Å². The summed E-state index contributed by atoms with van der Waals surface area (Å²) >= 11 is 1.41. The van der Waals surface area contributed by atoms with Crippen LogP contribution in [-0.2, 0) is 4.79 Å². The lowest BCUT2D eigenvalue weighted by Crippen LogP contribution is -2.49. The van der Waals surface area contributed by atoms with Crippen LogP contribution in [0, 0.1) is 5.92 Å². The van der Waals surface area contributed by atoms with E-state index in [0.29, 0.717) is 0 Å². The van der Waals surface area contributed by atoms with Gasteiger partial charge in [0.25, 0.3) is 0 Å². The molecule has 0 amide bonds. The van der Waals surface area contributed by atoms with Crippen molar-refractivity contribution >= 4 is 33.4 Å². The number of hydrogen-bond donors (Lipinski definition) is 1. The van der Waals surface area contributed by atoms with Crippen molar-refractivity contribution in [1.29, 1.82) is 0 Å². The number of piperidine rings is 1. The quantitative estimate of drug-likeness (QED) is 0.916. The van der Waals surface area contributed by atoms with E-state index in [-0.39, 0.29) is 5.92 Å². The van der Waals surface area contributed by atoms with Crippen molar-refractivity contribution in [1.82, 2.24) is 4.37 Å². The molecule has 1 aromatic carbocycles. The van der Waals surface area contributed by atoms with Crippen LogP contribution in [0.2, 0.25) is 0 Å². The Morgan fingerprint density at radius 2 is 2.26 bits per heavy atom. The lowest BCUT2D eigenvalue weighted by Gasteiger charge is -2.37. The van der Waals surface area contributed by atoms with Crippen LogP contribution in [0.4, 0.5) is 5.00 Å². The van der Waals surface area contributed by atoms with Crippen molar-refractivity contribution < 1.29 is 9.90 Å². The van der Waals surface area contributed by atoms with Crippen LogP contribution in [0.25, 0.3) is 10.9 Å². The molecule has 1 N–H and O–H groups in total. The number of aromatic nitrogens is 1. The van der Waals surface area contributed by atoms with Crippen LogP contribution in [0.3, 0.4) is 0 Å². The number of carboxylic acids is 1. The molecule has 2 aromatic rings. The Kier molecular flexibility index (Phi) is 3.14. The lowest BCUT2D eigenvalue weighted by molar-refractivity contribution is -0.140. The highest BCUT2D eigenvalue weighted by Gasteiger charge is 2.35. The molecule has 0 spiro atoms. The van der Waals surface area contributed by atoms with E-state index < -0.39 is 12.0 Å². The van der Waals surface area contributed by atoms with Crippen LogP contribution in [-0.4, -0.2) is 28.0 Å². The van der Waals surface area contributed by atoms with Crippen LogP contribution < -0.4 is 4.90 Å². The number of hydrogen-bond acceptors (Lipinski definition) is 4. The minimum absolute atomic E-state index is 0.173. The number of nitrogens with zero attached hydrogens (tertiary/aromatic N) is 2. The van der Waals surface area contributed by atoms with Crippen molar-refractivity contribution in [2.75, 3.05) is 11.4 Å². The largest absolute Gasteiger partial charge is 0.480 e. The molecule has 1 aliphatic heterocycles. The maximum Gasteiger partial charge on any atom is 0.326 e. The fourth-order valence-electron chi connectivity index (χ4n) is 2.88. The molecule has 2 unspecified atom stereocenters. The first-order chi connectivity index (χ1) is 9.18. The second-order valence-electron chi connectivity index (χ2n) is 5.10.